The van der Waals surface area contributed by atoms with E-state index in [4.69, 9.17) is 4.74 Å². The fraction of sp³-hybridized carbons (Fsp3) is 0.667. The Labute approximate surface area is 89.5 Å². The maximum absolute atomic E-state index is 11.9. The topological polar surface area (TPSA) is 43.4 Å². The van der Waals surface area contributed by atoms with Crippen molar-refractivity contribution < 1.29 is 14.3 Å². The SMILES string of the molecule is CC(=O)OC1C=CC(=O)C12CCCCC2. The molecule has 0 aromatic rings. The molecule has 0 aliphatic heterocycles. The van der Waals surface area contributed by atoms with Crippen molar-refractivity contribution in [2.24, 2.45) is 5.41 Å². The quantitative estimate of drug-likeness (QED) is 0.619. The van der Waals surface area contributed by atoms with Crippen molar-refractivity contribution in [2.45, 2.75) is 45.1 Å². The van der Waals surface area contributed by atoms with E-state index in [1.165, 1.54) is 13.3 Å². The summed E-state index contributed by atoms with van der Waals surface area (Å²) in [6, 6.07) is 0. The van der Waals surface area contributed by atoms with Crippen LogP contribution in [-0.4, -0.2) is 17.9 Å². The summed E-state index contributed by atoms with van der Waals surface area (Å²) >= 11 is 0. The molecule has 0 aromatic carbocycles. The van der Waals surface area contributed by atoms with Gasteiger partial charge in [0.1, 0.15) is 6.10 Å². The first-order chi connectivity index (χ1) is 7.15. The van der Waals surface area contributed by atoms with Gasteiger partial charge in [0.25, 0.3) is 0 Å². The van der Waals surface area contributed by atoms with Crippen molar-refractivity contribution in [3.63, 3.8) is 0 Å². The van der Waals surface area contributed by atoms with Gasteiger partial charge >= 0.3 is 5.97 Å². The molecule has 0 radical (unpaired) electrons. The monoisotopic (exact) mass is 208 g/mol. The molecular formula is C12H16O3. The molecule has 2 aliphatic rings. The molecule has 1 spiro atoms. The molecule has 0 heterocycles. The molecule has 15 heavy (non-hydrogen) atoms. The molecule has 0 saturated heterocycles. The van der Waals surface area contributed by atoms with E-state index in [1.54, 1.807) is 12.2 Å². The van der Waals surface area contributed by atoms with Gasteiger partial charge in [-0.15, -0.1) is 0 Å². The molecule has 0 amide bonds. The standard InChI is InChI=1S/C12H16O3/c1-9(13)15-11-6-5-10(14)12(11)7-3-2-4-8-12/h5-6,11H,2-4,7-8H2,1H3. The number of hydrogen-bond acceptors (Lipinski definition) is 3. The summed E-state index contributed by atoms with van der Waals surface area (Å²) in [6.45, 7) is 1.40. The van der Waals surface area contributed by atoms with Gasteiger partial charge in [-0.2, -0.15) is 0 Å². The molecule has 82 valence electrons. The number of rotatable bonds is 1. The molecule has 3 nitrogen and oxygen atoms in total. The number of carbonyl (C=O) groups is 2. The van der Waals surface area contributed by atoms with Crippen LogP contribution in [0.25, 0.3) is 0 Å². The third-order valence-corrected chi connectivity index (χ3v) is 3.50. The van der Waals surface area contributed by atoms with Crippen molar-refractivity contribution in [2.75, 3.05) is 0 Å². The largest absolute Gasteiger partial charge is 0.457 e. The van der Waals surface area contributed by atoms with Crippen LogP contribution in [-0.2, 0) is 14.3 Å². The van der Waals surface area contributed by atoms with Crippen molar-refractivity contribution in [1.82, 2.24) is 0 Å². The number of carbonyl (C=O) groups excluding carboxylic acids is 2. The number of ketones is 1. The Balaban J connectivity index is 2.18. The zero-order valence-electron chi connectivity index (χ0n) is 8.99. The lowest BCUT2D eigenvalue weighted by Crippen LogP contribution is -2.40. The van der Waals surface area contributed by atoms with Crippen LogP contribution in [0, 0.1) is 5.41 Å². The highest BCUT2D eigenvalue weighted by Gasteiger charge is 2.48. The van der Waals surface area contributed by atoms with Gasteiger partial charge < -0.3 is 4.74 Å². The van der Waals surface area contributed by atoms with Crippen LogP contribution in [0.3, 0.4) is 0 Å². The summed E-state index contributed by atoms with van der Waals surface area (Å²) in [5, 5.41) is 0. The van der Waals surface area contributed by atoms with Crippen molar-refractivity contribution >= 4 is 11.8 Å². The average molecular weight is 208 g/mol. The van der Waals surface area contributed by atoms with Crippen LogP contribution in [0.4, 0.5) is 0 Å². The normalized spacial score (nSPS) is 28.3. The van der Waals surface area contributed by atoms with E-state index in [0.29, 0.717) is 0 Å². The van der Waals surface area contributed by atoms with Crippen LogP contribution in [0.5, 0.6) is 0 Å². The van der Waals surface area contributed by atoms with Gasteiger partial charge in [0.2, 0.25) is 0 Å². The number of hydrogen-bond donors (Lipinski definition) is 0. The molecule has 0 aromatic heterocycles. The van der Waals surface area contributed by atoms with E-state index >= 15 is 0 Å². The van der Waals surface area contributed by atoms with E-state index in [2.05, 4.69) is 0 Å². The highest BCUT2D eigenvalue weighted by Crippen LogP contribution is 2.45. The van der Waals surface area contributed by atoms with Gasteiger partial charge in [0, 0.05) is 6.92 Å². The Morgan fingerprint density at radius 1 is 1.40 bits per heavy atom. The first kappa shape index (κ1) is 10.4. The molecule has 1 atom stereocenters. The lowest BCUT2D eigenvalue weighted by atomic mass is 9.70. The van der Waals surface area contributed by atoms with Crippen molar-refractivity contribution in [3.05, 3.63) is 12.2 Å². The van der Waals surface area contributed by atoms with Crippen LogP contribution >= 0.6 is 0 Å². The maximum Gasteiger partial charge on any atom is 0.303 e. The van der Waals surface area contributed by atoms with E-state index < -0.39 is 5.41 Å². The third-order valence-electron chi connectivity index (χ3n) is 3.50. The van der Waals surface area contributed by atoms with Crippen molar-refractivity contribution in [1.29, 1.82) is 0 Å². The summed E-state index contributed by atoms with van der Waals surface area (Å²) in [5.41, 5.74) is -0.413. The van der Waals surface area contributed by atoms with E-state index in [9.17, 15) is 9.59 Å². The molecule has 1 saturated carbocycles. The molecule has 1 fully saturated rings. The summed E-state index contributed by atoms with van der Waals surface area (Å²) in [7, 11) is 0. The lowest BCUT2D eigenvalue weighted by molar-refractivity contribution is -0.153. The first-order valence-corrected chi connectivity index (χ1v) is 5.55. The van der Waals surface area contributed by atoms with E-state index in [-0.39, 0.29) is 17.9 Å². The molecule has 0 bridgehead atoms. The Morgan fingerprint density at radius 2 is 2.07 bits per heavy atom. The van der Waals surface area contributed by atoms with Gasteiger partial charge in [0.15, 0.2) is 5.78 Å². The van der Waals surface area contributed by atoms with Crippen LogP contribution in [0.15, 0.2) is 12.2 Å². The fourth-order valence-electron chi connectivity index (χ4n) is 2.71. The smallest absolute Gasteiger partial charge is 0.303 e. The molecule has 2 aliphatic carbocycles. The molecule has 1 unspecified atom stereocenters. The fourth-order valence-corrected chi connectivity index (χ4v) is 2.71. The lowest BCUT2D eigenvalue weighted by Gasteiger charge is -2.36. The highest BCUT2D eigenvalue weighted by atomic mass is 16.5. The van der Waals surface area contributed by atoms with E-state index in [0.717, 1.165) is 25.7 Å². The van der Waals surface area contributed by atoms with Crippen molar-refractivity contribution in [3.8, 4) is 0 Å². The Bertz CT molecular complexity index is 311. The third kappa shape index (κ3) is 1.71. The highest BCUT2D eigenvalue weighted by molar-refractivity contribution is 5.98. The summed E-state index contributed by atoms with van der Waals surface area (Å²) < 4.78 is 5.23. The van der Waals surface area contributed by atoms with Gasteiger partial charge in [-0.05, 0) is 25.0 Å². The number of allylic oxidation sites excluding steroid dienone is 1. The van der Waals surface area contributed by atoms with Gasteiger partial charge in [-0.1, -0.05) is 19.3 Å². The predicted octanol–water partition coefficient (Wildman–Crippen LogP) is 2.01. The van der Waals surface area contributed by atoms with Crippen LogP contribution in [0.1, 0.15) is 39.0 Å². The summed E-state index contributed by atoms with van der Waals surface area (Å²) in [4.78, 5) is 22.8. The van der Waals surface area contributed by atoms with Gasteiger partial charge in [-0.3, -0.25) is 9.59 Å². The molecule has 3 heteroatoms. The zero-order chi connectivity index (χ0) is 10.9. The second-order valence-corrected chi connectivity index (χ2v) is 4.47. The zero-order valence-corrected chi connectivity index (χ0v) is 8.99. The number of ether oxygens (including phenoxy) is 1. The van der Waals surface area contributed by atoms with Gasteiger partial charge in [-0.25, -0.2) is 0 Å². The van der Waals surface area contributed by atoms with Crippen LogP contribution < -0.4 is 0 Å². The summed E-state index contributed by atoms with van der Waals surface area (Å²) in [6.07, 6.45) is 8.03. The van der Waals surface area contributed by atoms with Gasteiger partial charge in [0.05, 0.1) is 5.41 Å². The minimum Gasteiger partial charge on any atom is -0.457 e. The maximum atomic E-state index is 11.9. The minimum absolute atomic E-state index is 0.147. The average Bonchev–Trinajstić information content (AvgIpc) is 2.48. The second kappa shape index (κ2) is 3.80. The minimum atomic E-state index is -0.413. The Kier molecular flexibility index (Phi) is 2.63. The first-order valence-electron chi connectivity index (χ1n) is 5.55. The Morgan fingerprint density at radius 3 is 2.67 bits per heavy atom. The van der Waals surface area contributed by atoms with Crippen LogP contribution in [0.2, 0.25) is 0 Å². The second-order valence-electron chi connectivity index (χ2n) is 4.47. The van der Waals surface area contributed by atoms with E-state index in [1.807, 2.05) is 0 Å². The summed E-state index contributed by atoms with van der Waals surface area (Å²) in [5.74, 6) is -0.155. The molecular weight excluding hydrogens is 192 g/mol. The number of esters is 1. The Hall–Kier alpha value is -1.12. The predicted molar refractivity (Wildman–Crippen MR) is 55.2 cm³/mol. The molecule has 2 rings (SSSR count). The molecule has 0 N–H and O–H groups in total.